The lowest BCUT2D eigenvalue weighted by Gasteiger charge is -2.06. The zero-order chi connectivity index (χ0) is 17.1. The predicted molar refractivity (Wildman–Crippen MR) is 91.3 cm³/mol. The van der Waals surface area contributed by atoms with Crippen LogP contribution in [0, 0.1) is 6.92 Å². The van der Waals surface area contributed by atoms with Crippen LogP contribution in [-0.2, 0) is 4.74 Å². The number of hydrogen-bond donors (Lipinski definition) is 1. The molecule has 0 saturated heterocycles. The number of hydrogen-bond acceptors (Lipinski definition) is 4. The first-order valence-electron chi connectivity index (χ1n) is 7.67. The van der Waals surface area contributed by atoms with Crippen molar-refractivity contribution in [2.24, 2.45) is 0 Å². The van der Waals surface area contributed by atoms with Crippen LogP contribution in [0.5, 0.6) is 0 Å². The summed E-state index contributed by atoms with van der Waals surface area (Å²) in [6, 6.07) is 14.1. The van der Waals surface area contributed by atoms with Gasteiger partial charge in [-0.25, -0.2) is 4.79 Å². The van der Waals surface area contributed by atoms with Crippen molar-refractivity contribution < 1.29 is 18.7 Å². The first-order valence-corrected chi connectivity index (χ1v) is 7.67. The van der Waals surface area contributed by atoms with Gasteiger partial charge >= 0.3 is 5.97 Å². The van der Waals surface area contributed by atoms with Crippen LogP contribution < -0.4 is 5.32 Å². The number of rotatable bonds is 4. The highest BCUT2D eigenvalue weighted by Gasteiger charge is 2.18. The summed E-state index contributed by atoms with van der Waals surface area (Å²) in [6.07, 6.45) is 0. The van der Waals surface area contributed by atoms with Crippen molar-refractivity contribution in [2.75, 3.05) is 11.9 Å². The Morgan fingerprint density at radius 3 is 2.67 bits per heavy atom. The molecule has 0 atom stereocenters. The van der Waals surface area contributed by atoms with E-state index in [4.69, 9.17) is 9.15 Å². The molecule has 122 valence electrons. The van der Waals surface area contributed by atoms with E-state index in [1.54, 1.807) is 31.2 Å². The molecule has 24 heavy (non-hydrogen) atoms. The van der Waals surface area contributed by atoms with Gasteiger partial charge in [0.05, 0.1) is 12.2 Å². The predicted octanol–water partition coefficient (Wildman–Crippen LogP) is 4.17. The summed E-state index contributed by atoms with van der Waals surface area (Å²) in [5, 5.41) is 3.66. The van der Waals surface area contributed by atoms with Gasteiger partial charge in [-0.3, -0.25) is 4.79 Å². The monoisotopic (exact) mass is 323 g/mol. The number of amides is 1. The fraction of sp³-hybridized carbons (Fsp3) is 0.158. The number of anilines is 1. The summed E-state index contributed by atoms with van der Waals surface area (Å²) in [6.45, 7) is 3.89. The largest absolute Gasteiger partial charge is 0.462 e. The quantitative estimate of drug-likeness (QED) is 0.732. The highest BCUT2D eigenvalue weighted by atomic mass is 16.5. The van der Waals surface area contributed by atoms with E-state index in [1.165, 1.54) is 0 Å². The average Bonchev–Trinajstić information content (AvgIpc) is 2.93. The van der Waals surface area contributed by atoms with Crippen molar-refractivity contribution in [3.8, 4) is 0 Å². The van der Waals surface area contributed by atoms with Gasteiger partial charge in [0, 0.05) is 16.6 Å². The number of aryl methyl sites for hydroxylation is 1. The van der Waals surface area contributed by atoms with E-state index in [2.05, 4.69) is 5.32 Å². The van der Waals surface area contributed by atoms with Crippen LogP contribution in [0.2, 0.25) is 0 Å². The van der Waals surface area contributed by atoms with E-state index in [1.807, 2.05) is 31.2 Å². The molecule has 0 bridgehead atoms. The maximum atomic E-state index is 12.5. The summed E-state index contributed by atoms with van der Waals surface area (Å²) in [7, 11) is 0. The third kappa shape index (κ3) is 3.01. The molecule has 1 amide bonds. The lowest BCUT2D eigenvalue weighted by Crippen LogP contribution is -2.13. The van der Waals surface area contributed by atoms with E-state index in [-0.39, 0.29) is 11.7 Å². The van der Waals surface area contributed by atoms with Crippen LogP contribution >= 0.6 is 0 Å². The molecule has 0 fully saturated rings. The van der Waals surface area contributed by atoms with Gasteiger partial charge in [-0.1, -0.05) is 24.3 Å². The molecule has 0 radical (unpaired) electrons. The molecule has 2 aromatic carbocycles. The molecule has 0 aliphatic heterocycles. The Bertz CT molecular complexity index is 911. The van der Waals surface area contributed by atoms with Crippen molar-refractivity contribution in [1.82, 2.24) is 0 Å². The first kappa shape index (κ1) is 15.8. The van der Waals surface area contributed by atoms with E-state index < -0.39 is 5.97 Å². The lowest BCUT2D eigenvalue weighted by atomic mass is 10.1. The molecule has 0 unspecified atom stereocenters. The number of fused-ring (bicyclic) bond motifs is 1. The zero-order valence-electron chi connectivity index (χ0n) is 13.5. The van der Waals surface area contributed by atoms with Gasteiger partial charge in [0.2, 0.25) is 0 Å². The Balaban J connectivity index is 1.85. The smallest absolute Gasteiger partial charge is 0.338 e. The molecule has 1 N–H and O–H groups in total. The molecule has 5 heteroatoms. The van der Waals surface area contributed by atoms with E-state index in [0.717, 1.165) is 10.9 Å². The van der Waals surface area contributed by atoms with E-state index in [9.17, 15) is 9.59 Å². The van der Waals surface area contributed by atoms with Gasteiger partial charge < -0.3 is 14.5 Å². The van der Waals surface area contributed by atoms with Crippen molar-refractivity contribution in [3.05, 3.63) is 65.4 Å². The highest BCUT2D eigenvalue weighted by Crippen LogP contribution is 2.25. The topological polar surface area (TPSA) is 68.5 Å². The first-order chi connectivity index (χ1) is 11.6. The van der Waals surface area contributed by atoms with Crippen LogP contribution in [0.1, 0.15) is 33.4 Å². The minimum atomic E-state index is -0.423. The van der Waals surface area contributed by atoms with Crippen LogP contribution in [0.4, 0.5) is 5.69 Å². The van der Waals surface area contributed by atoms with Gasteiger partial charge in [-0.15, -0.1) is 0 Å². The summed E-state index contributed by atoms with van der Waals surface area (Å²) in [4.78, 5) is 24.3. The SMILES string of the molecule is CCOC(=O)c1cccc(NC(=O)c2oc3ccccc3c2C)c1. The summed E-state index contributed by atoms with van der Waals surface area (Å²) in [5.74, 6) is -0.518. The second-order valence-corrected chi connectivity index (χ2v) is 5.31. The molecule has 3 rings (SSSR count). The number of esters is 1. The van der Waals surface area contributed by atoms with Crippen molar-refractivity contribution >= 4 is 28.5 Å². The minimum Gasteiger partial charge on any atom is -0.462 e. The van der Waals surface area contributed by atoms with Crippen LogP contribution in [-0.4, -0.2) is 18.5 Å². The average molecular weight is 323 g/mol. The van der Waals surface area contributed by atoms with Crippen molar-refractivity contribution in [2.45, 2.75) is 13.8 Å². The fourth-order valence-electron chi connectivity index (χ4n) is 2.52. The van der Waals surface area contributed by atoms with Crippen LogP contribution in [0.3, 0.4) is 0 Å². The number of carbonyl (C=O) groups is 2. The minimum absolute atomic E-state index is 0.262. The molecular weight excluding hydrogens is 306 g/mol. The normalized spacial score (nSPS) is 10.6. The second kappa shape index (κ2) is 6.58. The Hall–Kier alpha value is -3.08. The summed E-state index contributed by atoms with van der Waals surface area (Å²) >= 11 is 0. The summed E-state index contributed by atoms with van der Waals surface area (Å²) < 4.78 is 10.6. The second-order valence-electron chi connectivity index (χ2n) is 5.31. The van der Waals surface area contributed by atoms with Gasteiger partial charge in [0.25, 0.3) is 5.91 Å². The van der Waals surface area contributed by atoms with Gasteiger partial charge in [0.15, 0.2) is 5.76 Å². The number of furan rings is 1. The van der Waals surface area contributed by atoms with E-state index >= 15 is 0 Å². The number of para-hydroxylation sites is 1. The molecule has 0 aliphatic carbocycles. The lowest BCUT2D eigenvalue weighted by molar-refractivity contribution is 0.0526. The van der Waals surface area contributed by atoms with Crippen LogP contribution in [0.25, 0.3) is 11.0 Å². The third-order valence-electron chi connectivity index (χ3n) is 3.68. The molecule has 0 saturated carbocycles. The van der Waals surface area contributed by atoms with Crippen molar-refractivity contribution in [3.63, 3.8) is 0 Å². The van der Waals surface area contributed by atoms with Crippen molar-refractivity contribution in [1.29, 1.82) is 0 Å². The van der Waals surface area contributed by atoms with Crippen LogP contribution in [0.15, 0.2) is 52.9 Å². The molecule has 5 nitrogen and oxygen atoms in total. The van der Waals surface area contributed by atoms with Gasteiger partial charge in [0.1, 0.15) is 5.58 Å². The van der Waals surface area contributed by atoms with Gasteiger partial charge in [-0.05, 0) is 38.1 Å². The maximum Gasteiger partial charge on any atom is 0.338 e. The third-order valence-corrected chi connectivity index (χ3v) is 3.68. The number of ether oxygens (including phenoxy) is 1. The molecule has 0 aliphatic rings. The fourth-order valence-corrected chi connectivity index (χ4v) is 2.52. The number of benzene rings is 2. The Morgan fingerprint density at radius 1 is 1.12 bits per heavy atom. The van der Waals surface area contributed by atoms with Gasteiger partial charge in [-0.2, -0.15) is 0 Å². The standard InChI is InChI=1S/C19H17NO4/c1-3-23-19(22)13-7-6-8-14(11-13)20-18(21)17-12(2)15-9-4-5-10-16(15)24-17/h4-11H,3H2,1-2H3,(H,20,21). The highest BCUT2D eigenvalue weighted by molar-refractivity contribution is 6.06. The summed E-state index contributed by atoms with van der Waals surface area (Å²) in [5.41, 5.74) is 2.34. The molecular formula is C19H17NO4. The Kier molecular flexibility index (Phi) is 4.33. The molecule has 1 heterocycles. The molecule has 1 aromatic heterocycles. The number of carbonyl (C=O) groups excluding carboxylic acids is 2. The zero-order valence-corrected chi connectivity index (χ0v) is 13.5. The van der Waals surface area contributed by atoms with E-state index in [0.29, 0.717) is 23.4 Å². The Morgan fingerprint density at radius 2 is 1.92 bits per heavy atom. The molecule has 0 spiro atoms. The molecule has 3 aromatic rings. The maximum absolute atomic E-state index is 12.5. The number of nitrogens with one attached hydrogen (secondary N) is 1. The Labute approximate surface area is 139 Å².